The second kappa shape index (κ2) is 7.07. The molecule has 2 aromatic carbocycles. The van der Waals surface area contributed by atoms with E-state index in [2.05, 4.69) is 4.72 Å². The van der Waals surface area contributed by atoms with Crippen LogP contribution < -0.4 is 4.72 Å². The van der Waals surface area contributed by atoms with Crippen molar-refractivity contribution < 1.29 is 17.6 Å². The minimum absolute atomic E-state index is 0.0140. The predicted octanol–water partition coefficient (Wildman–Crippen LogP) is 3.71. The number of furan rings is 1. The van der Waals surface area contributed by atoms with Crippen molar-refractivity contribution >= 4 is 26.9 Å². The van der Waals surface area contributed by atoms with E-state index in [9.17, 15) is 13.2 Å². The van der Waals surface area contributed by atoms with Gasteiger partial charge in [0.15, 0.2) is 0 Å². The van der Waals surface area contributed by atoms with Crippen molar-refractivity contribution in [2.24, 2.45) is 0 Å². The van der Waals surface area contributed by atoms with E-state index in [-0.39, 0.29) is 22.9 Å². The molecule has 146 valence electrons. The number of fused-ring (bicyclic) bond motifs is 1. The number of amides is 1. The van der Waals surface area contributed by atoms with Gasteiger partial charge >= 0.3 is 0 Å². The lowest BCUT2D eigenvalue weighted by Gasteiger charge is -2.23. The normalized spacial score (nSPS) is 15.5. The first kappa shape index (κ1) is 18.7. The second-order valence-electron chi connectivity index (χ2n) is 7.20. The Kier molecular flexibility index (Phi) is 4.72. The van der Waals surface area contributed by atoms with Crippen LogP contribution in [0.25, 0.3) is 11.0 Å². The summed E-state index contributed by atoms with van der Waals surface area (Å²) in [5, 5.41) is 0.976. The molecule has 3 aromatic rings. The molecule has 1 aliphatic carbocycles. The van der Waals surface area contributed by atoms with Gasteiger partial charge in [-0.25, -0.2) is 13.1 Å². The molecular weight excluding hydrogens is 376 g/mol. The van der Waals surface area contributed by atoms with Gasteiger partial charge in [0, 0.05) is 24.0 Å². The van der Waals surface area contributed by atoms with E-state index >= 15 is 0 Å². The number of carbonyl (C=O) groups excluding carboxylic acids is 1. The molecule has 4 rings (SSSR count). The number of hydrogen-bond acceptors (Lipinski definition) is 4. The maximum absolute atomic E-state index is 13.0. The number of nitrogens with zero attached hydrogens (tertiary/aromatic N) is 1. The average Bonchev–Trinajstić information content (AvgIpc) is 3.39. The zero-order valence-electron chi connectivity index (χ0n) is 15.8. The molecule has 0 saturated heterocycles. The molecule has 7 heteroatoms. The highest BCUT2D eigenvalue weighted by molar-refractivity contribution is 7.89. The number of nitrogens with one attached hydrogen (secondary N) is 1. The molecule has 0 radical (unpaired) electrons. The zero-order chi connectivity index (χ0) is 19.9. The van der Waals surface area contributed by atoms with E-state index in [1.807, 2.05) is 37.3 Å². The van der Waals surface area contributed by atoms with E-state index in [0.717, 1.165) is 23.8 Å². The standard InChI is InChI=1S/C21H22N2O4S/c1-14(20-13-15-6-3-4-9-19(15)27-20)23(2)21(24)16-7-5-8-18(12-16)28(25,26)22-17-10-11-17/h3-9,12-14,17,22H,10-11H2,1-2H3. The minimum atomic E-state index is -3.61. The van der Waals surface area contributed by atoms with Crippen LogP contribution in [0, 0.1) is 0 Å². The first-order chi connectivity index (χ1) is 13.3. The lowest BCUT2D eigenvalue weighted by Crippen LogP contribution is -2.30. The molecule has 0 aliphatic heterocycles. The van der Waals surface area contributed by atoms with Crippen molar-refractivity contribution in [3.8, 4) is 0 Å². The molecule has 1 aliphatic rings. The summed E-state index contributed by atoms with van der Waals surface area (Å²) in [6, 6.07) is 15.5. The largest absolute Gasteiger partial charge is 0.459 e. The molecule has 0 bridgehead atoms. The Morgan fingerprint density at radius 2 is 1.89 bits per heavy atom. The summed E-state index contributed by atoms with van der Waals surface area (Å²) in [7, 11) is -1.92. The highest BCUT2D eigenvalue weighted by atomic mass is 32.2. The first-order valence-electron chi connectivity index (χ1n) is 9.23. The van der Waals surface area contributed by atoms with Gasteiger partial charge in [-0.1, -0.05) is 24.3 Å². The molecule has 1 unspecified atom stereocenters. The Morgan fingerprint density at radius 1 is 1.14 bits per heavy atom. The monoisotopic (exact) mass is 398 g/mol. The maximum Gasteiger partial charge on any atom is 0.254 e. The molecule has 0 spiro atoms. The predicted molar refractivity (Wildman–Crippen MR) is 107 cm³/mol. The number of sulfonamides is 1. The Hall–Kier alpha value is -2.64. The van der Waals surface area contributed by atoms with Gasteiger partial charge in [0.05, 0.1) is 10.9 Å². The molecule has 1 saturated carbocycles. The minimum Gasteiger partial charge on any atom is -0.459 e. The maximum atomic E-state index is 13.0. The van der Waals surface area contributed by atoms with Crippen LogP contribution in [0.4, 0.5) is 0 Å². The number of benzene rings is 2. The molecule has 1 amide bonds. The smallest absolute Gasteiger partial charge is 0.254 e. The van der Waals surface area contributed by atoms with Crippen LogP contribution in [0.2, 0.25) is 0 Å². The van der Waals surface area contributed by atoms with Crippen molar-refractivity contribution in [1.82, 2.24) is 9.62 Å². The van der Waals surface area contributed by atoms with Crippen LogP contribution in [0.1, 0.15) is 41.9 Å². The summed E-state index contributed by atoms with van der Waals surface area (Å²) < 4.78 is 33.4. The number of carbonyl (C=O) groups is 1. The summed E-state index contributed by atoms with van der Waals surface area (Å²) in [4.78, 5) is 14.6. The fraction of sp³-hybridized carbons (Fsp3) is 0.286. The summed E-state index contributed by atoms with van der Waals surface area (Å²) in [5.41, 5.74) is 1.09. The molecule has 1 N–H and O–H groups in total. The Balaban J connectivity index is 1.57. The van der Waals surface area contributed by atoms with E-state index in [1.54, 1.807) is 24.1 Å². The lowest BCUT2D eigenvalue weighted by molar-refractivity contribution is 0.0727. The van der Waals surface area contributed by atoms with Crippen molar-refractivity contribution in [2.75, 3.05) is 7.05 Å². The van der Waals surface area contributed by atoms with Crippen LogP contribution in [0.5, 0.6) is 0 Å². The molecule has 1 aromatic heterocycles. The molecule has 28 heavy (non-hydrogen) atoms. The van der Waals surface area contributed by atoms with E-state index < -0.39 is 10.0 Å². The van der Waals surface area contributed by atoms with Gasteiger partial charge in [0.25, 0.3) is 5.91 Å². The SMILES string of the molecule is CC(c1cc2ccccc2o1)N(C)C(=O)c1cccc(S(=O)(=O)NC2CC2)c1. The molecular formula is C21H22N2O4S. The van der Waals surface area contributed by atoms with E-state index in [4.69, 9.17) is 4.42 Å². The molecule has 6 nitrogen and oxygen atoms in total. The van der Waals surface area contributed by atoms with Gasteiger partial charge in [0.2, 0.25) is 10.0 Å². The molecule has 1 atom stereocenters. The quantitative estimate of drug-likeness (QED) is 0.686. The summed E-state index contributed by atoms with van der Waals surface area (Å²) >= 11 is 0. The van der Waals surface area contributed by atoms with Gasteiger partial charge in [-0.05, 0) is 50.1 Å². The third-order valence-corrected chi connectivity index (χ3v) is 6.57. The number of para-hydroxylation sites is 1. The average molecular weight is 398 g/mol. The Bertz CT molecular complexity index is 1100. The lowest BCUT2D eigenvalue weighted by atomic mass is 10.1. The number of rotatable bonds is 6. The zero-order valence-corrected chi connectivity index (χ0v) is 16.6. The van der Waals surface area contributed by atoms with Crippen LogP contribution in [0.15, 0.2) is 63.9 Å². The van der Waals surface area contributed by atoms with E-state index in [1.165, 1.54) is 12.1 Å². The Labute approximate surface area is 164 Å². The number of hydrogen-bond donors (Lipinski definition) is 1. The third-order valence-electron chi connectivity index (χ3n) is 5.05. The third kappa shape index (κ3) is 3.68. The van der Waals surface area contributed by atoms with Gasteiger partial charge < -0.3 is 9.32 Å². The van der Waals surface area contributed by atoms with Crippen molar-refractivity contribution in [1.29, 1.82) is 0 Å². The fourth-order valence-electron chi connectivity index (χ4n) is 3.06. The van der Waals surface area contributed by atoms with Crippen molar-refractivity contribution in [3.63, 3.8) is 0 Å². The van der Waals surface area contributed by atoms with Crippen molar-refractivity contribution in [3.05, 3.63) is 65.9 Å². The summed E-state index contributed by atoms with van der Waals surface area (Å²) in [6.45, 7) is 1.88. The molecule has 1 heterocycles. The summed E-state index contributed by atoms with van der Waals surface area (Å²) in [5.74, 6) is 0.410. The van der Waals surface area contributed by atoms with Crippen LogP contribution >= 0.6 is 0 Å². The van der Waals surface area contributed by atoms with Crippen LogP contribution in [-0.2, 0) is 10.0 Å². The van der Waals surface area contributed by atoms with Gasteiger partial charge in [0.1, 0.15) is 11.3 Å². The van der Waals surface area contributed by atoms with Gasteiger partial charge in [-0.3, -0.25) is 4.79 Å². The van der Waals surface area contributed by atoms with Gasteiger partial charge in [-0.15, -0.1) is 0 Å². The van der Waals surface area contributed by atoms with Gasteiger partial charge in [-0.2, -0.15) is 0 Å². The molecule has 1 fully saturated rings. The second-order valence-corrected chi connectivity index (χ2v) is 8.92. The Morgan fingerprint density at radius 3 is 2.61 bits per heavy atom. The van der Waals surface area contributed by atoms with Crippen LogP contribution in [0.3, 0.4) is 0 Å². The first-order valence-corrected chi connectivity index (χ1v) is 10.7. The fourth-order valence-corrected chi connectivity index (χ4v) is 4.41. The highest BCUT2D eigenvalue weighted by Crippen LogP contribution is 2.28. The topological polar surface area (TPSA) is 79.6 Å². The van der Waals surface area contributed by atoms with Crippen molar-refractivity contribution in [2.45, 2.75) is 36.7 Å². The highest BCUT2D eigenvalue weighted by Gasteiger charge is 2.29. The van der Waals surface area contributed by atoms with Crippen LogP contribution in [-0.4, -0.2) is 32.3 Å². The summed E-state index contributed by atoms with van der Waals surface area (Å²) in [6.07, 6.45) is 1.71. The van der Waals surface area contributed by atoms with E-state index in [0.29, 0.717) is 11.3 Å².